The smallest absolute Gasteiger partial charge is 0.171 e. The van der Waals surface area contributed by atoms with Crippen LogP contribution in [-0.4, -0.2) is 16.5 Å². The highest BCUT2D eigenvalue weighted by Gasteiger charge is 2.46. The van der Waals surface area contributed by atoms with E-state index in [1.54, 1.807) is 11.1 Å². The van der Waals surface area contributed by atoms with Crippen molar-refractivity contribution < 1.29 is 10.2 Å². The molecule has 0 unspecified atom stereocenters. The minimum Gasteiger partial charge on any atom is -0.365 e. The van der Waals surface area contributed by atoms with Gasteiger partial charge in [-0.3, -0.25) is 0 Å². The van der Waals surface area contributed by atoms with Crippen molar-refractivity contribution in [2.75, 3.05) is 0 Å². The van der Waals surface area contributed by atoms with E-state index in [-0.39, 0.29) is 0 Å². The first kappa shape index (κ1) is 17.0. The molecule has 1 fully saturated rings. The summed E-state index contributed by atoms with van der Waals surface area (Å²) in [6, 6.07) is 0. The first-order valence-electron chi connectivity index (χ1n) is 8.21. The summed E-state index contributed by atoms with van der Waals surface area (Å²) in [5, 5.41) is 17.7. The summed E-state index contributed by atoms with van der Waals surface area (Å²) >= 11 is 0. The summed E-state index contributed by atoms with van der Waals surface area (Å²) in [6.45, 7) is 6.23. The lowest BCUT2D eigenvalue weighted by Gasteiger charge is -2.25. The summed E-state index contributed by atoms with van der Waals surface area (Å²) in [5.41, 5.74) is 5.71. The molecule has 22 heavy (non-hydrogen) atoms. The summed E-state index contributed by atoms with van der Waals surface area (Å²) in [4.78, 5) is 0. The van der Waals surface area contributed by atoms with Crippen molar-refractivity contribution in [3.8, 4) is 0 Å². The Labute approximate surface area is 134 Å². The molecule has 0 atom stereocenters. The summed E-state index contributed by atoms with van der Waals surface area (Å²) in [6.07, 6.45) is 17.1. The molecule has 0 aromatic heterocycles. The third kappa shape index (κ3) is 4.56. The second-order valence-corrected chi connectivity index (χ2v) is 6.76. The predicted molar refractivity (Wildman–Crippen MR) is 92.2 cm³/mol. The molecule has 0 aromatic rings. The lowest BCUT2D eigenvalue weighted by atomic mass is 9.80. The van der Waals surface area contributed by atoms with E-state index in [9.17, 15) is 0 Å². The second kappa shape index (κ2) is 7.26. The molecule has 2 nitrogen and oxygen atoms in total. The van der Waals surface area contributed by atoms with Crippen molar-refractivity contribution in [1.29, 1.82) is 0 Å². The van der Waals surface area contributed by atoms with Crippen LogP contribution in [0, 0.1) is 5.41 Å². The van der Waals surface area contributed by atoms with Crippen molar-refractivity contribution in [3.63, 3.8) is 0 Å². The Morgan fingerprint density at radius 2 is 1.82 bits per heavy atom. The average molecular weight is 300 g/mol. The molecule has 2 N–H and O–H groups in total. The molecule has 1 spiro atoms. The van der Waals surface area contributed by atoms with E-state index in [0.717, 1.165) is 5.57 Å². The molecule has 0 bridgehead atoms. The van der Waals surface area contributed by atoms with Crippen LogP contribution in [0.5, 0.6) is 0 Å². The Balaban J connectivity index is 2.01. The van der Waals surface area contributed by atoms with Gasteiger partial charge in [0.2, 0.25) is 0 Å². The Morgan fingerprint density at radius 3 is 2.45 bits per heavy atom. The number of allylic oxidation sites excluding steroid dienone is 9. The molecule has 0 saturated heterocycles. The third-order valence-electron chi connectivity index (χ3n) is 4.73. The van der Waals surface area contributed by atoms with Gasteiger partial charge in [0.05, 0.1) is 0 Å². The van der Waals surface area contributed by atoms with Gasteiger partial charge >= 0.3 is 0 Å². The van der Waals surface area contributed by atoms with Gasteiger partial charge < -0.3 is 10.2 Å². The molecule has 2 rings (SSSR count). The lowest BCUT2D eigenvalue weighted by Crippen LogP contribution is -2.10. The van der Waals surface area contributed by atoms with Crippen LogP contribution >= 0.6 is 0 Å². The van der Waals surface area contributed by atoms with Gasteiger partial charge in [-0.2, -0.15) is 0 Å². The van der Waals surface area contributed by atoms with E-state index < -0.39 is 6.29 Å². The predicted octanol–water partition coefficient (Wildman–Crippen LogP) is 4.58. The van der Waals surface area contributed by atoms with Gasteiger partial charge in [0.25, 0.3) is 0 Å². The van der Waals surface area contributed by atoms with Gasteiger partial charge in [-0.05, 0) is 69.9 Å². The zero-order valence-corrected chi connectivity index (χ0v) is 14.0. The molecule has 0 heterocycles. The van der Waals surface area contributed by atoms with E-state index in [2.05, 4.69) is 32.1 Å². The van der Waals surface area contributed by atoms with Crippen LogP contribution in [0.2, 0.25) is 0 Å². The molecular weight excluding hydrogens is 272 g/mol. The minimum absolute atomic E-state index is 0.519. The Kier molecular flexibility index (Phi) is 5.60. The highest BCUT2D eigenvalue weighted by Crippen LogP contribution is 2.59. The SMILES string of the molecule is CC1=C(/C=C/C(C)=C/C=C/C(C)=C/C(O)O)C2(CCC1)CC2. The monoisotopic (exact) mass is 300 g/mol. The van der Waals surface area contributed by atoms with Gasteiger partial charge in [-0.15, -0.1) is 0 Å². The van der Waals surface area contributed by atoms with E-state index in [4.69, 9.17) is 10.2 Å². The molecule has 2 heteroatoms. The lowest BCUT2D eigenvalue weighted by molar-refractivity contribution is 0.00192. The zero-order chi connectivity index (χ0) is 16.2. The summed E-state index contributed by atoms with van der Waals surface area (Å²) in [7, 11) is 0. The highest BCUT2D eigenvalue weighted by atomic mass is 16.5. The normalized spacial score (nSPS) is 22.6. The standard InChI is InChI=1S/C20H28O2/c1-15(6-4-7-16(2)14-19(21)22)9-10-18-17(3)8-5-11-20(18)12-13-20/h4,6-7,9-10,14,19,21-22H,5,8,11-13H2,1-3H3/b7-4+,10-9+,15-6+,16-14+. The molecule has 0 amide bonds. The zero-order valence-electron chi connectivity index (χ0n) is 14.0. The summed E-state index contributed by atoms with van der Waals surface area (Å²) in [5.74, 6) is 0. The van der Waals surface area contributed by atoms with E-state index >= 15 is 0 Å². The maximum absolute atomic E-state index is 8.85. The molecule has 120 valence electrons. The van der Waals surface area contributed by atoms with Crippen LogP contribution in [0.4, 0.5) is 0 Å². The van der Waals surface area contributed by atoms with Crippen molar-refractivity contribution in [1.82, 2.24) is 0 Å². The fourth-order valence-electron chi connectivity index (χ4n) is 3.32. The van der Waals surface area contributed by atoms with Crippen molar-refractivity contribution in [3.05, 3.63) is 58.7 Å². The van der Waals surface area contributed by atoms with Crippen LogP contribution in [-0.2, 0) is 0 Å². The van der Waals surface area contributed by atoms with Crippen molar-refractivity contribution in [2.45, 2.75) is 59.2 Å². The van der Waals surface area contributed by atoms with Gasteiger partial charge in [0.15, 0.2) is 6.29 Å². The number of rotatable bonds is 5. The Hall–Kier alpha value is -1.38. The van der Waals surface area contributed by atoms with Crippen LogP contribution in [0.25, 0.3) is 0 Å². The van der Waals surface area contributed by atoms with E-state index in [1.165, 1.54) is 43.8 Å². The van der Waals surface area contributed by atoms with Crippen LogP contribution < -0.4 is 0 Å². The van der Waals surface area contributed by atoms with Gasteiger partial charge in [-0.25, -0.2) is 0 Å². The number of aliphatic hydroxyl groups is 2. The Bertz CT molecular complexity index is 552. The first-order valence-corrected chi connectivity index (χ1v) is 8.21. The molecule has 0 radical (unpaired) electrons. The highest BCUT2D eigenvalue weighted by molar-refractivity contribution is 5.40. The van der Waals surface area contributed by atoms with Gasteiger partial charge in [0, 0.05) is 0 Å². The minimum atomic E-state index is -1.38. The molecule has 0 aliphatic heterocycles. The van der Waals surface area contributed by atoms with Gasteiger partial charge in [0.1, 0.15) is 0 Å². The molecule has 0 aromatic carbocycles. The quantitative estimate of drug-likeness (QED) is 0.576. The number of aliphatic hydroxyl groups excluding tert-OH is 1. The van der Waals surface area contributed by atoms with E-state index in [1.807, 2.05) is 19.1 Å². The Morgan fingerprint density at radius 1 is 1.09 bits per heavy atom. The maximum Gasteiger partial charge on any atom is 0.171 e. The molecule has 1 saturated carbocycles. The van der Waals surface area contributed by atoms with Crippen LogP contribution in [0.15, 0.2) is 58.7 Å². The molecular formula is C20H28O2. The fourth-order valence-corrected chi connectivity index (χ4v) is 3.32. The topological polar surface area (TPSA) is 40.5 Å². The van der Waals surface area contributed by atoms with Crippen LogP contribution in [0.1, 0.15) is 52.9 Å². The van der Waals surface area contributed by atoms with Crippen molar-refractivity contribution >= 4 is 0 Å². The largest absolute Gasteiger partial charge is 0.365 e. The molecule has 2 aliphatic carbocycles. The maximum atomic E-state index is 8.85. The average Bonchev–Trinajstić information content (AvgIpc) is 3.17. The van der Waals surface area contributed by atoms with Crippen LogP contribution in [0.3, 0.4) is 0 Å². The van der Waals surface area contributed by atoms with E-state index in [0.29, 0.717) is 5.41 Å². The first-order chi connectivity index (χ1) is 10.4. The summed E-state index contributed by atoms with van der Waals surface area (Å²) < 4.78 is 0. The van der Waals surface area contributed by atoms with Crippen molar-refractivity contribution in [2.24, 2.45) is 5.41 Å². The fraction of sp³-hybridized carbons (Fsp3) is 0.500. The number of hydrogen-bond acceptors (Lipinski definition) is 2. The molecule has 2 aliphatic rings. The number of hydrogen-bond donors (Lipinski definition) is 2. The van der Waals surface area contributed by atoms with Gasteiger partial charge in [-0.1, -0.05) is 47.1 Å². The third-order valence-corrected chi connectivity index (χ3v) is 4.73. The second-order valence-electron chi connectivity index (χ2n) is 6.76.